The fourth-order valence-electron chi connectivity index (χ4n) is 5.71. The summed E-state index contributed by atoms with van der Waals surface area (Å²) in [6.07, 6.45) is 5.37. The van der Waals surface area contributed by atoms with Gasteiger partial charge in [0.1, 0.15) is 23.6 Å². The standard InChI is InChI=1S/C36H42ClFN10O6/c1-19(2)31(41-35(51)54-36(4,5)6)34(50)53-23(18-52-7)16-46-17-26(20(3)43-46)21-10-11-47-30(12-21)25(15-39-47)33(49)40-29-13-24(28(38)14-27(29)37)32-42-45-48(44-32)22-8-9-22/h10-15,17,19,22-23,31H,8-9,16,18H2,1-7H3,(H,40,49)(H,41,51)/t23-,31-/m0/s1. The van der Waals surface area contributed by atoms with Gasteiger partial charge in [0, 0.05) is 25.1 Å². The van der Waals surface area contributed by atoms with Crippen LogP contribution in [0.15, 0.2) is 42.9 Å². The SMILES string of the molecule is COC[C@H](Cn1cc(-c2ccn3ncc(C(=O)Nc4cc(-c5nnn(C6CC6)n5)c(F)cc4Cl)c3c2)c(C)n1)OC(=O)[C@@H](NC(=O)OC(C)(C)C)C(C)C. The van der Waals surface area contributed by atoms with E-state index in [9.17, 15) is 18.8 Å². The van der Waals surface area contributed by atoms with Crippen LogP contribution in [-0.4, -0.2) is 89.0 Å². The number of halogens is 2. The number of carbonyl (C=O) groups excluding carboxylic acids is 3. The Morgan fingerprint density at radius 2 is 1.87 bits per heavy atom. The molecule has 1 saturated carbocycles. The number of anilines is 1. The van der Waals surface area contributed by atoms with Gasteiger partial charge in [-0.1, -0.05) is 25.4 Å². The maximum Gasteiger partial charge on any atom is 0.408 e. The zero-order valence-electron chi connectivity index (χ0n) is 31.0. The number of fused-ring (bicyclic) bond motifs is 1. The van der Waals surface area contributed by atoms with Gasteiger partial charge in [-0.2, -0.15) is 15.0 Å². The normalized spacial score (nSPS) is 14.3. The van der Waals surface area contributed by atoms with Crippen LogP contribution >= 0.6 is 11.6 Å². The van der Waals surface area contributed by atoms with Crippen molar-refractivity contribution in [3.8, 4) is 22.5 Å². The highest BCUT2D eigenvalue weighted by molar-refractivity contribution is 6.34. The summed E-state index contributed by atoms with van der Waals surface area (Å²) in [4.78, 5) is 40.8. The van der Waals surface area contributed by atoms with Crippen molar-refractivity contribution in [1.82, 2.24) is 44.9 Å². The molecule has 6 rings (SSSR count). The topological polar surface area (TPSA) is 182 Å². The van der Waals surface area contributed by atoms with E-state index in [1.807, 2.05) is 13.0 Å². The van der Waals surface area contributed by atoms with Gasteiger partial charge in [0.25, 0.3) is 5.91 Å². The van der Waals surface area contributed by atoms with Crippen LogP contribution in [0.5, 0.6) is 0 Å². The van der Waals surface area contributed by atoms with Crippen LogP contribution in [0.3, 0.4) is 0 Å². The molecule has 1 fully saturated rings. The van der Waals surface area contributed by atoms with Gasteiger partial charge in [-0.05, 0) is 81.5 Å². The summed E-state index contributed by atoms with van der Waals surface area (Å²) in [7, 11) is 1.50. The number of pyridine rings is 1. The number of alkyl carbamates (subject to hydrolysis) is 1. The average Bonchev–Trinajstić information content (AvgIpc) is 3.48. The molecular weight excluding hydrogens is 723 g/mol. The minimum Gasteiger partial charge on any atom is -0.456 e. The molecule has 2 N–H and O–H groups in total. The van der Waals surface area contributed by atoms with E-state index in [1.165, 1.54) is 24.2 Å². The number of aromatic nitrogens is 8. The Bertz CT molecular complexity index is 2190. The van der Waals surface area contributed by atoms with Crippen LogP contribution in [0.4, 0.5) is 14.9 Å². The minimum atomic E-state index is -0.949. The van der Waals surface area contributed by atoms with E-state index in [0.29, 0.717) is 11.2 Å². The molecule has 1 aliphatic carbocycles. The predicted octanol–water partition coefficient (Wildman–Crippen LogP) is 5.65. The highest BCUT2D eigenvalue weighted by Crippen LogP contribution is 2.35. The molecule has 2 atom stereocenters. The number of nitrogens with one attached hydrogen (secondary N) is 2. The minimum absolute atomic E-state index is 0.00382. The van der Waals surface area contributed by atoms with E-state index in [-0.39, 0.29) is 52.8 Å². The first-order valence-electron chi connectivity index (χ1n) is 17.4. The van der Waals surface area contributed by atoms with Crippen molar-refractivity contribution in [2.45, 2.75) is 84.7 Å². The predicted molar refractivity (Wildman–Crippen MR) is 195 cm³/mol. The van der Waals surface area contributed by atoms with Crippen molar-refractivity contribution >= 4 is 40.8 Å². The molecule has 16 nitrogen and oxygen atoms in total. The van der Waals surface area contributed by atoms with Crippen molar-refractivity contribution < 1.29 is 33.0 Å². The lowest BCUT2D eigenvalue weighted by molar-refractivity contribution is -0.156. The van der Waals surface area contributed by atoms with E-state index in [2.05, 4.69) is 36.2 Å². The molecule has 0 saturated heterocycles. The Balaban J connectivity index is 1.18. The summed E-state index contributed by atoms with van der Waals surface area (Å²) in [5, 5.41) is 26.7. The molecule has 2 amide bonds. The fourth-order valence-corrected chi connectivity index (χ4v) is 5.90. The maximum atomic E-state index is 14.9. The van der Waals surface area contributed by atoms with Crippen molar-refractivity contribution in [3.05, 3.63) is 65.0 Å². The van der Waals surface area contributed by atoms with Crippen molar-refractivity contribution in [2.24, 2.45) is 5.92 Å². The first-order chi connectivity index (χ1) is 25.6. The van der Waals surface area contributed by atoms with E-state index >= 15 is 0 Å². The van der Waals surface area contributed by atoms with Crippen molar-refractivity contribution in [3.63, 3.8) is 0 Å². The van der Waals surface area contributed by atoms with Crippen molar-refractivity contribution in [1.29, 1.82) is 0 Å². The quantitative estimate of drug-likeness (QED) is 0.142. The molecule has 4 heterocycles. The molecule has 0 unspecified atom stereocenters. The first-order valence-corrected chi connectivity index (χ1v) is 17.8. The maximum absolute atomic E-state index is 14.9. The third-order valence-electron chi connectivity index (χ3n) is 8.49. The summed E-state index contributed by atoms with van der Waals surface area (Å²) in [5.74, 6) is -1.99. The van der Waals surface area contributed by atoms with Gasteiger partial charge in [-0.15, -0.1) is 10.2 Å². The Morgan fingerprint density at radius 3 is 2.56 bits per heavy atom. The molecular formula is C36H42ClFN10O6. The van der Waals surface area contributed by atoms with Crippen LogP contribution in [0.25, 0.3) is 28.0 Å². The van der Waals surface area contributed by atoms with Crippen LogP contribution in [0.2, 0.25) is 5.02 Å². The Kier molecular flexibility index (Phi) is 11.0. The zero-order chi connectivity index (χ0) is 38.9. The van der Waals surface area contributed by atoms with Gasteiger partial charge >= 0.3 is 12.1 Å². The molecule has 1 aromatic carbocycles. The first kappa shape index (κ1) is 38.3. The number of carbonyl (C=O) groups is 3. The molecule has 1 aliphatic rings. The van der Waals surface area contributed by atoms with Gasteiger partial charge < -0.3 is 24.8 Å². The number of amides is 2. The molecule has 0 bridgehead atoms. The van der Waals surface area contributed by atoms with Gasteiger partial charge in [0.05, 0.1) is 58.4 Å². The lowest BCUT2D eigenvalue weighted by atomic mass is 10.1. The number of nitrogens with zero attached hydrogens (tertiary/aromatic N) is 8. The number of rotatable bonds is 13. The smallest absolute Gasteiger partial charge is 0.408 e. The summed E-state index contributed by atoms with van der Waals surface area (Å²) in [6, 6.07) is 5.33. The van der Waals surface area contributed by atoms with Crippen LogP contribution in [0.1, 0.15) is 69.6 Å². The van der Waals surface area contributed by atoms with E-state index in [1.54, 1.807) is 62.3 Å². The summed E-state index contributed by atoms with van der Waals surface area (Å²) in [5.41, 5.74) is 2.40. The number of ether oxygens (including phenoxy) is 3. The number of methoxy groups -OCH3 is 1. The monoisotopic (exact) mass is 764 g/mol. The second kappa shape index (κ2) is 15.5. The molecule has 0 spiro atoms. The number of esters is 1. The molecule has 286 valence electrons. The van der Waals surface area contributed by atoms with Gasteiger partial charge in [-0.25, -0.2) is 18.5 Å². The highest BCUT2D eigenvalue weighted by atomic mass is 35.5. The van der Waals surface area contributed by atoms with Gasteiger partial charge in [-0.3, -0.25) is 9.48 Å². The fraction of sp³-hybridized carbons (Fsp3) is 0.444. The Hall–Kier alpha value is -5.42. The number of benzene rings is 1. The molecule has 54 heavy (non-hydrogen) atoms. The van der Waals surface area contributed by atoms with Gasteiger partial charge in [0.2, 0.25) is 5.82 Å². The molecule has 4 aromatic heterocycles. The number of hydrogen-bond acceptors (Lipinski definition) is 11. The van der Waals surface area contributed by atoms with Crippen LogP contribution in [-0.2, 0) is 25.5 Å². The number of aryl methyl sites for hydroxylation is 1. The lowest BCUT2D eigenvalue weighted by Crippen LogP contribution is -2.48. The number of tetrazole rings is 1. The second-order valence-electron chi connectivity index (χ2n) is 14.5. The van der Waals surface area contributed by atoms with Crippen LogP contribution in [0, 0.1) is 18.7 Å². The molecule has 0 aliphatic heterocycles. The van der Waals surface area contributed by atoms with Gasteiger partial charge in [0.15, 0.2) is 0 Å². The second-order valence-corrected chi connectivity index (χ2v) is 14.9. The zero-order valence-corrected chi connectivity index (χ0v) is 31.7. The lowest BCUT2D eigenvalue weighted by Gasteiger charge is -2.26. The summed E-state index contributed by atoms with van der Waals surface area (Å²) >= 11 is 6.35. The van der Waals surface area contributed by atoms with E-state index < -0.39 is 41.5 Å². The Morgan fingerprint density at radius 1 is 1.11 bits per heavy atom. The molecule has 0 radical (unpaired) electrons. The Labute approximate surface area is 315 Å². The van der Waals surface area contributed by atoms with Crippen LogP contribution < -0.4 is 10.6 Å². The highest BCUT2D eigenvalue weighted by Gasteiger charge is 2.31. The largest absolute Gasteiger partial charge is 0.456 e. The summed E-state index contributed by atoms with van der Waals surface area (Å²) < 4.78 is 34.6. The van der Waals surface area contributed by atoms with Crippen molar-refractivity contribution in [2.75, 3.05) is 19.0 Å². The third-order valence-corrected chi connectivity index (χ3v) is 8.80. The summed E-state index contributed by atoms with van der Waals surface area (Å²) in [6.45, 7) is 10.9. The number of hydrogen-bond donors (Lipinski definition) is 2. The average molecular weight is 765 g/mol. The third kappa shape index (κ3) is 8.85. The van der Waals surface area contributed by atoms with E-state index in [4.69, 9.17) is 25.8 Å². The molecule has 18 heteroatoms. The molecule has 5 aromatic rings. The van der Waals surface area contributed by atoms with E-state index in [0.717, 1.165) is 30.0 Å².